The molecule has 0 saturated heterocycles. The largest absolute Gasteiger partial charge is 0.398 e. The maximum absolute atomic E-state index is 13.3. The van der Waals surface area contributed by atoms with Crippen LogP contribution in [0, 0.1) is 5.92 Å². The van der Waals surface area contributed by atoms with Crippen molar-refractivity contribution in [2.75, 3.05) is 5.73 Å². The van der Waals surface area contributed by atoms with Gasteiger partial charge in [-0.1, -0.05) is 42.3 Å². The topological polar surface area (TPSA) is 26.0 Å². The van der Waals surface area contributed by atoms with E-state index in [9.17, 15) is 8.78 Å². The van der Waals surface area contributed by atoms with Crippen molar-refractivity contribution < 1.29 is 8.78 Å². The van der Waals surface area contributed by atoms with Gasteiger partial charge in [-0.05, 0) is 29.2 Å². The zero-order valence-electron chi connectivity index (χ0n) is 10.3. The zero-order chi connectivity index (χ0) is 13.9. The van der Waals surface area contributed by atoms with Gasteiger partial charge in [0.15, 0.2) is 0 Å². The molecule has 102 valence electrons. The lowest BCUT2D eigenvalue weighted by Crippen LogP contribution is -2.25. The van der Waals surface area contributed by atoms with Crippen LogP contribution in [0.15, 0.2) is 28.3 Å². The molecule has 2 aliphatic rings. The van der Waals surface area contributed by atoms with E-state index in [0.29, 0.717) is 17.7 Å². The number of halogens is 4. The van der Waals surface area contributed by atoms with Gasteiger partial charge >= 0.3 is 0 Å². The Morgan fingerprint density at radius 3 is 2.68 bits per heavy atom. The third-order valence-electron chi connectivity index (χ3n) is 4.55. The van der Waals surface area contributed by atoms with E-state index in [4.69, 9.17) is 28.9 Å². The summed E-state index contributed by atoms with van der Waals surface area (Å²) in [4.78, 5) is 0. The number of nitrogen functional groups attached to an aromatic ring is 1. The molecule has 1 fully saturated rings. The minimum atomic E-state index is -2.40. The molecule has 0 spiro atoms. The first-order chi connectivity index (χ1) is 8.88. The highest BCUT2D eigenvalue weighted by Crippen LogP contribution is 2.66. The normalized spacial score (nSPS) is 32.0. The quantitative estimate of drug-likeness (QED) is 0.754. The Labute approximate surface area is 120 Å². The van der Waals surface area contributed by atoms with Gasteiger partial charge in [-0.15, -0.1) is 0 Å². The summed E-state index contributed by atoms with van der Waals surface area (Å²) in [5.74, 6) is -1.21. The van der Waals surface area contributed by atoms with E-state index >= 15 is 0 Å². The summed E-state index contributed by atoms with van der Waals surface area (Å²) in [6, 6.07) is 5.52. The van der Waals surface area contributed by atoms with Gasteiger partial charge in [-0.2, -0.15) is 0 Å². The highest BCUT2D eigenvalue weighted by atomic mass is 35.5. The first-order valence-electron chi connectivity index (χ1n) is 6.10. The maximum atomic E-state index is 13.3. The van der Waals surface area contributed by atoms with Crippen molar-refractivity contribution in [2.45, 2.75) is 31.1 Å². The Bertz CT molecular complexity index is 581. The van der Waals surface area contributed by atoms with Crippen molar-refractivity contribution in [3.05, 3.63) is 39.4 Å². The van der Waals surface area contributed by atoms with E-state index < -0.39 is 23.7 Å². The van der Waals surface area contributed by atoms with Crippen LogP contribution in [0.1, 0.15) is 30.4 Å². The van der Waals surface area contributed by atoms with Crippen molar-refractivity contribution in [3.63, 3.8) is 0 Å². The fraction of sp³-hybridized carbons (Fsp3) is 0.429. The van der Waals surface area contributed by atoms with Crippen molar-refractivity contribution >= 4 is 28.9 Å². The summed E-state index contributed by atoms with van der Waals surface area (Å²) in [6.45, 7) is 1.92. The molecule has 1 nitrogen and oxygen atoms in total. The molecule has 0 amide bonds. The van der Waals surface area contributed by atoms with E-state index in [1.54, 1.807) is 6.07 Å². The number of rotatable bonds is 1. The van der Waals surface area contributed by atoms with Crippen molar-refractivity contribution in [1.29, 1.82) is 0 Å². The summed E-state index contributed by atoms with van der Waals surface area (Å²) in [6.07, 6.45) is -2.04. The van der Waals surface area contributed by atoms with Crippen LogP contribution in [-0.2, 0) is 5.41 Å². The predicted octanol–water partition coefficient (Wildman–Crippen LogP) is 4.60. The van der Waals surface area contributed by atoms with Gasteiger partial charge in [-0.25, -0.2) is 8.78 Å². The molecule has 1 unspecified atom stereocenters. The Hall–Kier alpha value is -0.800. The first-order valence-corrected chi connectivity index (χ1v) is 6.86. The van der Waals surface area contributed by atoms with Crippen LogP contribution in [0.25, 0.3) is 0 Å². The minimum Gasteiger partial charge on any atom is -0.398 e. The summed E-state index contributed by atoms with van der Waals surface area (Å²) >= 11 is 12.0. The number of hydrogen-bond donors (Lipinski definition) is 1. The molecule has 2 aliphatic carbocycles. The maximum Gasteiger partial charge on any atom is 0.242 e. The Morgan fingerprint density at radius 2 is 2.11 bits per heavy atom. The molecule has 2 N–H and O–H groups in total. The van der Waals surface area contributed by atoms with Crippen molar-refractivity contribution in [1.82, 2.24) is 0 Å². The molecular formula is C14H13Cl2F2N. The first kappa shape index (κ1) is 13.2. The second-order valence-corrected chi connectivity index (χ2v) is 6.44. The van der Waals surface area contributed by atoms with E-state index in [2.05, 4.69) is 0 Å². The molecule has 1 aromatic carbocycles. The van der Waals surface area contributed by atoms with Crippen LogP contribution in [-0.4, -0.2) is 6.43 Å². The Balaban J connectivity index is 2.30. The second kappa shape index (κ2) is 4.10. The highest BCUT2D eigenvalue weighted by molar-refractivity contribution is 6.56. The Morgan fingerprint density at radius 1 is 1.42 bits per heavy atom. The predicted molar refractivity (Wildman–Crippen MR) is 73.8 cm³/mol. The third kappa shape index (κ3) is 1.58. The van der Waals surface area contributed by atoms with Crippen LogP contribution in [0.2, 0.25) is 0 Å². The molecule has 5 heteroatoms. The highest BCUT2D eigenvalue weighted by Gasteiger charge is 2.59. The fourth-order valence-corrected chi connectivity index (χ4v) is 4.49. The molecular weight excluding hydrogens is 291 g/mol. The lowest BCUT2D eigenvalue weighted by atomic mass is 9.76. The Kier molecular flexibility index (Phi) is 2.84. The summed E-state index contributed by atoms with van der Waals surface area (Å²) in [5.41, 5.74) is 8.49. The van der Waals surface area contributed by atoms with Crippen LogP contribution in [0.3, 0.4) is 0 Å². The van der Waals surface area contributed by atoms with Gasteiger partial charge in [0.25, 0.3) is 0 Å². The summed E-state index contributed by atoms with van der Waals surface area (Å²) < 4.78 is 26.7. The molecule has 2 bridgehead atoms. The molecule has 0 aliphatic heterocycles. The standard InChI is InChI=1S/C14H13Cl2F2N/c1-14-5-6(13(17)18)9(11(14)12(15)16)10-7(14)3-2-4-8(10)19/h2-4,6,9,13H,5,19H2,1H3/t6?,9-,14+/m1/s1. The van der Waals surface area contributed by atoms with E-state index in [-0.39, 0.29) is 4.49 Å². The number of allylic oxidation sites excluding steroid dienone is 1. The second-order valence-electron chi connectivity index (χ2n) is 5.49. The van der Waals surface area contributed by atoms with Gasteiger partial charge in [0.05, 0.1) is 0 Å². The third-order valence-corrected chi connectivity index (χ3v) is 4.96. The monoisotopic (exact) mass is 303 g/mol. The molecule has 1 saturated carbocycles. The minimum absolute atomic E-state index is 0.103. The van der Waals surface area contributed by atoms with Crippen LogP contribution < -0.4 is 5.73 Å². The van der Waals surface area contributed by atoms with E-state index in [1.165, 1.54) is 0 Å². The number of anilines is 1. The number of alkyl halides is 2. The summed E-state index contributed by atoms with van der Waals surface area (Å²) in [5, 5.41) is 0. The summed E-state index contributed by atoms with van der Waals surface area (Å²) in [7, 11) is 0. The van der Waals surface area contributed by atoms with Crippen molar-refractivity contribution in [3.8, 4) is 0 Å². The number of nitrogens with two attached hydrogens (primary N) is 1. The van der Waals surface area contributed by atoms with Gasteiger partial charge in [-0.3, -0.25) is 0 Å². The lowest BCUT2D eigenvalue weighted by molar-refractivity contribution is 0.0673. The van der Waals surface area contributed by atoms with Gasteiger partial charge in [0.2, 0.25) is 6.43 Å². The lowest BCUT2D eigenvalue weighted by Gasteiger charge is -2.29. The molecule has 1 aromatic rings. The fourth-order valence-electron chi connectivity index (χ4n) is 3.84. The number of fused-ring (bicyclic) bond motifs is 5. The van der Waals surface area contributed by atoms with Gasteiger partial charge in [0.1, 0.15) is 4.49 Å². The van der Waals surface area contributed by atoms with E-state index in [1.807, 2.05) is 19.1 Å². The van der Waals surface area contributed by atoms with Gasteiger partial charge < -0.3 is 5.73 Å². The molecule has 3 atom stereocenters. The van der Waals surface area contributed by atoms with Crippen molar-refractivity contribution in [2.24, 2.45) is 5.92 Å². The van der Waals surface area contributed by atoms with Crippen LogP contribution in [0.5, 0.6) is 0 Å². The molecule has 0 heterocycles. The molecule has 0 radical (unpaired) electrons. The van der Waals surface area contributed by atoms with Crippen LogP contribution in [0.4, 0.5) is 14.5 Å². The average Bonchev–Trinajstić information content (AvgIpc) is 2.76. The van der Waals surface area contributed by atoms with Crippen LogP contribution >= 0.6 is 23.2 Å². The van der Waals surface area contributed by atoms with Gasteiger partial charge in [0, 0.05) is 22.9 Å². The molecule has 19 heavy (non-hydrogen) atoms. The molecule has 3 rings (SSSR count). The van der Waals surface area contributed by atoms with E-state index in [0.717, 1.165) is 11.1 Å². The number of benzene rings is 1. The number of hydrogen-bond acceptors (Lipinski definition) is 1. The molecule has 0 aromatic heterocycles. The SMILES string of the molecule is C[C@@]12CC(C(F)F)[C@@H](C1=C(Cl)Cl)c1c(N)cccc12. The average molecular weight is 304 g/mol. The zero-order valence-corrected chi connectivity index (χ0v) is 11.8. The smallest absolute Gasteiger partial charge is 0.242 e.